The van der Waals surface area contributed by atoms with Crippen molar-refractivity contribution in [2.24, 2.45) is 9.98 Å². The van der Waals surface area contributed by atoms with Crippen molar-refractivity contribution < 1.29 is 18.0 Å². The van der Waals surface area contributed by atoms with Crippen LogP contribution in [-0.2, 0) is 19.6 Å². The first-order valence-electron chi connectivity index (χ1n) is 34.7. The smallest absolute Gasteiger partial charge is 0.309 e. The summed E-state index contributed by atoms with van der Waals surface area (Å²) >= 11 is 0. The van der Waals surface area contributed by atoms with Crippen molar-refractivity contribution >= 4 is 34.3 Å². The summed E-state index contributed by atoms with van der Waals surface area (Å²) in [5.41, 5.74) is 10.7. The number of carbonyl (C=O) groups excluding carboxylic acids is 2. The summed E-state index contributed by atoms with van der Waals surface area (Å²) < 4.78 is 21.9. The summed E-state index contributed by atoms with van der Waals surface area (Å²) in [6, 6.07) is 41.0. The van der Waals surface area contributed by atoms with Crippen LogP contribution in [0.4, 0.5) is 0 Å². The maximum Gasteiger partial charge on any atom is 0.309 e. The van der Waals surface area contributed by atoms with Gasteiger partial charge in [-0.3, -0.25) is 9.59 Å². The average Bonchev–Trinajstić information content (AvgIpc) is 3.85. The van der Waals surface area contributed by atoms with Crippen LogP contribution < -0.4 is 15.4 Å². The monoisotopic (exact) mass is 1360 g/mol. The van der Waals surface area contributed by atoms with E-state index in [0.29, 0.717) is 0 Å². The molecule has 95 heavy (non-hydrogen) atoms. The second-order valence-electron chi connectivity index (χ2n) is 16.4. The molecule has 0 heterocycles. The minimum absolute atomic E-state index is 0.618. The van der Waals surface area contributed by atoms with Gasteiger partial charge in [0, 0.05) is 28.2 Å². The first-order chi connectivity index (χ1) is 45.1. The lowest BCUT2D eigenvalue weighted by atomic mass is 10.2. The third-order valence-electron chi connectivity index (χ3n) is 7.89. The number of nitrogens with zero attached hydrogens (tertiary/aromatic N) is 2. The lowest BCUT2D eigenvalue weighted by Gasteiger charge is -1.93. The molecule has 0 aliphatic heterocycles. The van der Waals surface area contributed by atoms with E-state index in [1.165, 1.54) is 65.7 Å². The SMILES string of the molecule is C/C=C/C.C/C=C\C.C=C(C)C.CC.CC.CC.CC.CC.CC.CC.CC.CC.CC(C)=C(C)C.CC=C(C)C.CC=CC.CC=NC.CC=NC.CNC(=O)C(=O)NC.CNS(C)(=O)=O.Cc1ccccc1.Cc1ccccc1.Cc1ccccc1.Cc1ccccc1. The van der Waals surface area contributed by atoms with Gasteiger partial charge in [0.2, 0.25) is 10.0 Å². The van der Waals surface area contributed by atoms with Crippen LogP contribution in [0.25, 0.3) is 0 Å². The van der Waals surface area contributed by atoms with Crippen LogP contribution in [0, 0.1) is 27.7 Å². The molecule has 4 rings (SSSR count). The van der Waals surface area contributed by atoms with Crippen LogP contribution in [-0.4, -0.2) is 74.2 Å². The summed E-state index contributed by atoms with van der Waals surface area (Å²) in [5.74, 6) is -1.24. The molecule has 0 atom stereocenters. The van der Waals surface area contributed by atoms with Gasteiger partial charge in [0.05, 0.1) is 6.26 Å². The first kappa shape index (κ1) is 140. The number of likely N-dealkylation sites (N-methyl/N-ethyl adjacent to an activating group) is 2. The fraction of sp³-hybridized carbons (Fsp3) is 0.529. The summed E-state index contributed by atoms with van der Waals surface area (Å²) in [5, 5.41) is 4.33. The number of nitrogens with one attached hydrogen (secondary N) is 3. The van der Waals surface area contributed by atoms with E-state index < -0.39 is 21.8 Å². The Morgan fingerprint density at radius 3 is 0.505 bits per heavy atom. The van der Waals surface area contributed by atoms with E-state index in [1.807, 2.05) is 310 Å². The Morgan fingerprint density at radius 2 is 0.474 bits per heavy atom. The Labute approximate surface area is 600 Å². The molecule has 4 aromatic carbocycles. The van der Waals surface area contributed by atoms with Crippen LogP contribution in [0.3, 0.4) is 0 Å². The molecule has 0 fully saturated rings. The zero-order valence-electron chi connectivity index (χ0n) is 71.9. The molecule has 2 amide bonds. The summed E-state index contributed by atoms with van der Waals surface area (Å²) in [4.78, 5) is 27.7. The van der Waals surface area contributed by atoms with E-state index in [4.69, 9.17) is 0 Å². The lowest BCUT2D eigenvalue weighted by molar-refractivity contribution is -0.138. The largest absolute Gasteiger partial charge is 0.351 e. The van der Waals surface area contributed by atoms with Crippen LogP contribution in [0.5, 0.6) is 0 Å². The Bertz CT molecular complexity index is 1860. The molecule has 0 aliphatic carbocycles. The molecular weight excluding hydrogens is 1190 g/mol. The lowest BCUT2D eigenvalue weighted by Crippen LogP contribution is -2.35. The standard InChI is InChI=1S/4C7H8.C6H12.C5H10.C4H8N2O2.4C4H8.2C3H7N.C2H7NO2S.9C2H6/c4*1-7-5-3-2-4-6-7;1-5(2)6(3)4;1-4-5(2)3;1-5-3(7)4(8)6-2;1-4(2)3;5*1-3-4-2;1-3-6(2,4)5;9*1-2/h4*2-6H,1H3;1-4H3;4H,1-3H3;1-2H3,(H,5,7)(H,6,8);1H2,2-3H3;3*3-4H,1-2H3;2*3H,1-2H3;3H,1-2H3;9*1-2H3/b;;;;;;;;4-3+;4-3-;;;;;;;;;;;;;. The van der Waals surface area contributed by atoms with E-state index in [1.54, 1.807) is 26.5 Å². The number of hydrogen-bond donors (Lipinski definition) is 3. The van der Waals surface area contributed by atoms with E-state index >= 15 is 0 Å². The molecule has 564 valence electrons. The van der Waals surface area contributed by atoms with Crippen molar-refractivity contribution in [1.29, 1.82) is 0 Å². The highest BCUT2D eigenvalue weighted by molar-refractivity contribution is 7.88. The summed E-state index contributed by atoms with van der Waals surface area (Å²) in [7, 11) is 4.76. The van der Waals surface area contributed by atoms with Crippen LogP contribution in [0.1, 0.15) is 265 Å². The third kappa shape index (κ3) is 283. The van der Waals surface area contributed by atoms with Crippen molar-refractivity contribution in [3.8, 4) is 0 Å². The van der Waals surface area contributed by atoms with Gasteiger partial charge in [-0.15, -0.1) is 6.58 Å². The number of allylic oxidation sites excluding steroid dienone is 11. The predicted octanol–water partition coefficient (Wildman–Crippen LogP) is 26.9. The number of aliphatic imine (C=N–C) groups is 2. The molecule has 0 saturated heterocycles. The molecule has 0 aliphatic rings. The topological polar surface area (TPSA) is 129 Å². The highest BCUT2D eigenvalue weighted by Crippen LogP contribution is 1.97. The molecule has 10 heteroatoms. The Balaban J connectivity index is -0.0000000380. The average molecular weight is 1360 g/mol. The minimum atomic E-state index is -2.91. The second-order valence-corrected chi connectivity index (χ2v) is 18.3. The van der Waals surface area contributed by atoms with Crippen LogP contribution >= 0.6 is 0 Å². The summed E-state index contributed by atoms with van der Waals surface area (Å²) in [6.07, 6.45) is 18.7. The number of amides is 2. The van der Waals surface area contributed by atoms with Crippen LogP contribution in [0.15, 0.2) is 203 Å². The molecular formula is C85H169N5O4S. The van der Waals surface area contributed by atoms with E-state index in [2.05, 4.69) is 156 Å². The van der Waals surface area contributed by atoms with Gasteiger partial charge in [0.1, 0.15) is 0 Å². The van der Waals surface area contributed by atoms with Gasteiger partial charge in [0.15, 0.2) is 0 Å². The highest BCUT2D eigenvalue weighted by Gasteiger charge is 2.05. The number of benzene rings is 4. The van der Waals surface area contributed by atoms with Gasteiger partial charge in [-0.25, -0.2) is 13.1 Å². The molecule has 0 spiro atoms. The van der Waals surface area contributed by atoms with E-state index in [9.17, 15) is 18.0 Å². The summed E-state index contributed by atoms with van der Waals surface area (Å²) in [6.45, 7) is 82.3. The fourth-order valence-electron chi connectivity index (χ4n) is 2.36. The maximum atomic E-state index is 10.2. The molecule has 0 bridgehead atoms. The zero-order valence-corrected chi connectivity index (χ0v) is 72.7. The highest BCUT2D eigenvalue weighted by atomic mass is 32.2. The Morgan fingerprint density at radius 1 is 0.358 bits per heavy atom. The molecule has 9 nitrogen and oxygen atoms in total. The Kier molecular flexibility index (Phi) is 240. The van der Waals surface area contributed by atoms with Gasteiger partial charge >= 0.3 is 11.8 Å². The van der Waals surface area contributed by atoms with E-state index in [-0.39, 0.29) is 0 Å². The van der Waals surface area contributed by atoms with E-state index in [0.717, 1.165) is 6.26 Å². The normalized spacial score (nSPS) is 7.67. The quantitative estimate of drug-likeness (QED) is 0.0996. The minimum Gasteiger partial charge on any atom is -0.351 e. The third-order valence-corrected chi connectivity index (χ3v) is 8.63. The Hall–Kier alpha value is -6.49. The van der Waals surface area contributed by atoms with Gasteiger partial charge in [-0.2, -0.15) is 0 Å². The number of aryl methyl sites for hydroxylation is 4. The predicted molar refractivity (Wildman–Crippen MR) is 456 cm³/mol. The number of carbonyl (C=O) groups is 2. The van der Waals surface area contributed by atoms with Gasteiger partial charge in [0.25, 0.3) is 0 Å². The van der Waals surface area contributed by atoms with Gasteiger partial charge in [-0.1, -0.05) is 333 Å². The number of hydrogen-bond acceptors (Lipinski definition) is 6. The molecule has 3 N–H and O–H groups in total. The zero-order chi connectivity index (χ0) is 80.3. The first-order valence-corrected chi connectivity index (χ1v) is 36.6. The molecule has 0 radical (unpaired) electrons. The molecule has 4 aromatic rings. The van der Waals surface area contributed by atoms with Crippen molar-refractivity contribution in [2.75, 3.05) is 41.5 Å². The molecule has 0 unspecified atom stereocenters. The molecule has 0 saturated carbocycles. The van der Waals surface area contributed by atoms with Gasteiger partial charge in [-0.05, 0) is 165 Å². The second kappa shape index (κ2) is 162. The van der Waals surface area contributed by atoms with Crippen molar-refractivity contribution in [2.45, 2.75) is 270 Å². The maximum absolute atomic E-state index is 10.2. The van der Waals surface area contributed by atoms with Crippen molar-refractivity contribution in [3.63, 3.8) is 0 Å². The van der Waals surface area contributed by atoms with Crippen molar-refractivity contribution in [3.05, 3.63) is 215 Å². The molecule has 0 aromatic heterocycles. The van der Waals surface area contributed by atoms with Crippen LogP contribution in [0.2, 0.25) is 0 Å². The van der Waals surface area contributed by atoms with Crippen molar-refractivity contribution in [1.82, 2.24) is 15.4 Å². The number of sulfonamides is 1. The van der Waals surface area contributed by atoms with Gasteiger partial charge < -0.3 is 20.6 Å². The fourth-order valence-corrected chi connectivity index (χ4v) is 2.36. The number of rotatable bonds is 1.